The predicted molar refractivity (Wildman–Crippen MR) is 56.9 cm³/mol. The molecule has 13 heavy (non-hydrogen) atoms. The molecule has 0 saturated carbocycles. The number of hydrogen-bond donors (Lipinski definition) is 1. The molecule has 1 aliphatic rings. The van der Waals surface area contributed by atoms with Crippen molar-refractivity contribution in [2.45, 2.75) is 25.2 Å². The summed E-state index contributed by atoms with van der Waals surface area (Å²) in [6.45, 7) is 0.306. The number of aryl methyl sites for hydroxylation is 1. The molecule has 0 amide bonds. The molecular formula is C11H13BrO. The van der Waals surface area contributed by atoms with Gasteiger partial charge in [0.25, 0.3) is 0 Å². The van der Waals surface area contributed by atoms with Gasteiger partial charge in [-0.15, -0.1) is 0 Å². The van der Waals surface area contributed by atoms with E-state index in [4.69, 9.17) is 5.11 Å². The fourth-order valence-corrected chi connectivity index (χ4v) is 2.54. The lowest BCUT2D eigenvalue weighted by Crippen LogP contribution is -1.96. The fraction of sp³-hybridized carbons (Fsp3) is 0.455. The zero-order valence-electron chi connectivity index (χ0n) is 7.46. The van der Waals surface area contributed by atoms with E-state index in [2.05, 4.69) is 34.1 Å². The first-order valence-electron chi connectivity index (χ1n) is 4.70. The maximum absolute atomic E-state index is 8.90. The number of halogens is 1. The molecule has 1 aromatic rings. The van der Waals surface area contributed by atoms with Crippen LogP contribution in [-0.4, -0.2) is 11.7 Å². The number of hydrogen-bond acceptors (Lipinski definition) is 1. The Hall–Kier alpha value is -0.340. The van der Waals surface area contributed by atoms with Crippen LogP contribution in [0.15, 0.2) is 22.7 Å². The quantitative estimate of drug-likeness (QED) is 0.844. The fourth-order valence-electron chi connectivity index (χ4n) is 2.13. The first-order valence-corrected chi connectivity index (χ1v) is 5.49. The minimum Gasteiger partial charge on any atom is -0.396 e. The van der Waals surface area contributed by atoms with Gasteiger partial charge in [-0.05, 0) is 48.4 Å². The van der Waals surface area contributed by atoms with Crippen LogP contribution in [0, 0.1) is 0 Å². The second-order valence-corrected chi connectivity index (χ2v) is 4.51. The summed E-state index contributed by atoms with van der Waals surface area (Å²) in [6.07, 6.45) is 3.28. The van der Waals surface area contributed by atoms with Gasteiger partial charge in [-0.3, -0.25) is 0 Å². The number of benzene rings is 1. The Balaban J connectivity index is 2.27. The van der Waals surface area contributed by atoms with Gasteiger partial charge in [0.2, 0.25) is 0 Å². The molecule has 0 aromatic heterocycles. The third-order valence-electron chi connectivity index (χ3n) is 2.78. The van der Waals surface area contributed by atoms with E-state index in [0.717, 1.165) is 10.9 Å². The molecule has 0 fully saturated rings. The molecular weight excluding hydrogens is 228 g/mol. The Bertz CT molecular complexity index is 309. The Labute approximate surface area is 86.9 Å². The molecule has 1 atom stereocenters. The molecule has 1 aliphatic carbocycles. The molecule has 0 saturated heterocycles. The van der Waals surface area contributed by atoms with E-state index in [1.165, 1.54) is 24.0 Å². The molecule has 0 bridgehead atoms. The van der Waals surface area contributed by atoms with E-state index in [0.29, 0.717) is 12.5 Å². The molecule has 1 N–H and O–H groups in total. The van der Waals surface area contributed by atoms with Gasteiger partial charge in [0.05, 0.1) is 0 Å². The van der Waals surface area contributed by atoms with Crippen molar-refractivity contribution >= 4 is 15.9 Å². The molecule has 2 heteroatoms. The van der Waals surface area contributed by atoms with Crippen molar-refractivity contribution in [1.82, 2.24) is 0 Å². The Morgan fingerprint density at radius 1 is 1.46 bits per heavy atom. The van der Waals surface area contributed by atoms with Crippen molar-refractivity contribution in [3.63, 3.8) is 0 Å². The van der Waals surface area contributed by atoms with Crippen molar-refractivity contribution in [2.75, 3.05) is 6.61 Å². The van der Waals surface area contributed by atoms with Crippen LogP contribution in [0.5, 0.6) is 0 Å². The Kier molecular flexibility index (Phi) is 2.70. The molecule has 1 aromatic carbocycles. The molecule has 0 aliphatic heterocycles. The van der Waals surface area contributed by atoms with Gasteiger partial charge in [-0.1, -0.05) is 22.0 Å². The van der Waals surface area contributed by atoms with Crippen LogP contribution in [0.4, 0.5) is 0 Å². The summed E-state index contributed by atoms with van der Waals surface area (Å²) in [5.74, 6) is 0.591. The number of aliphatic hydroxyl groups is 1. The lowest BCUT2D eigenvalue weighted by atomic mass is 9.98. The topological polar surface area (TPSA) is 20.2 Å². The van der Waals surface area contributed by atoms with Crippen LogP contribution in [0.25, 0.3) is 0 Å². The lowest BCUT2D eigenvalue weighted by Gasteiger charge is -2.08. The number of fused-ring (bicyclic) bond motifs is 1. The minimum absolute atomic E-state index is 0.306. The highest BCUT2D eigenvalue weighted by Crippen LogP contribution is 2.36. The molecule has 0 spiro atoms. The van der Waals surface area contributed by atoms with Gasteiger partial charge < -0.3 is 5.11 Å². The highest BCUT2D eigenvalue weighted by molar-refractivity contribution is 9.10. The van der Waals surface area contributed by atoms with Gasteiger partial charge in [0, 0.05) is 11.1 Å². The summed E-state index contributed by atoms with van der Waals surface area (Å²) >= 11 is 3.47. The van der Waals surface area contributed by atoms with Crippen LogP contribution in [-0.2, 0) is 6.42 Å². The van der Waals surface area contributed by atoms with E-state index >= 15 is 0 Å². The zero-order chi connectivity index (χ0) is 9.26. The average Bonchev–Trinajstić information content (AvgIpc) is 2.49. The SMILES string of the molecule is OCCC1CCc2cc(Br)ccc21. The van der Waals surface area contributed by atoms with E-state index in [9.17, 15) is 0 Å². The van der Waals surface area contributed by atoms with Crippen molar-refractivity contribution in [3.8, 4) is 0 Å². The van der Waals surface area contributed by atoms with E-state index in [1.807, 2.05) is 0 Å². The predicted octanol–water partition coefficient (Wildman–Crippen LogP) is 2.86. The number of rotatable bonds is 2. The van der Waals surface area contributed by atoms with Crippen LogP contribution in [0.2, 0.25) is 0 Å². The van der Waals surface area contributed by atoms with Gasteiger partial charge in [-0.2, -0.15) is 0 Å². The second kappa shape index (κ2) is 3.81. The molecule has 1 unspecified atom stereocenters. The van der Waals surface area contributed by atoms with Crippen molar-refractivity contribution in [1.29, 1.82) is 0 Å². The highest BCUT2D eigenvalue weighted by atomic mass is 79.9. The maximum Gasteiger partial charge on any atom is 0.0436 e. The van der Waals surface area contributed by atoms with Crippen molar-refractivity contribution in [2.24, 2.45) is 0 Å². The third-order valence-corrected chi connectivity index (χ3v) is 3.28. The van der Waals surface area contributed by atoms with Crippen LogP contribution in [0.1, 0.15) is 29.9 Å². The Morgan fingerprint density at radius 3 is 3.08 bits per heavy atom. The largest absolute Gasteiger partial charge is 0.396 e. The smallest absolute Gasteiger partial charge is 0.0436 e. The van der Waals surface area contributed by atoms with E-state index < -0.39 is 0 Å². The summed E-state index contributed by atoms with van der Waals surface area (Å²) in [5.41, 5.74) is 2.89. The van der Waals surface area contributed by atoms with Gasteiger partial charge >= 0.3 is 0 Å². The van der Waals surface area contributed by atoms with Gasteiger partial charge in [0.15, 0.2) is 0 Å². The standard InChI is InChI=1S/C11H13BrO/c12-10-3-4-11-8(5-6-13)1-2-9(11)7-10/h3-4,7-8,13H,1-2,5-6H2. The summed E-state index contributed by atoms with van der Waals surface area (Å²) in [6, 6.07) is 6.48. The maximum atomic E-state index is 8.90. The second-order valence-electron chi connectivity index (χ2n) is 3.59. The Morgan fingerprint density at radius 2 is 2.31 bits per heavy atom. The van der Waals surface area contributed by atoms with Crippen LogP contribution >= 0.6 is 15.9 Å². The number of aliphatic hydroxyl groups excluding tert-OH is 1. The summed E-state index contributed by atoms with van der Waals surface area (Å²) in [4.78, 5) is 0. The van der Waals surface area contributed by atoms with Gasteiger partial charge in [0.1, 0.15) is 0 Å². The highest BCUT2D eigenvalue weighted by Gasteiger charge is 2.21. The van der Waals surface area contributed by atoms with Crippen molar-refractivity contribution in [3.05, 3.63) is 33.8 Å². The third kappa shape index (κ3) is 1.79. The average molecular weight is 241 g/mol. The summed E-state index contributed by atoms with van der Waals surface area (Å²) in [5, 5.41) is 8.90. The molecule has 2 rings (SSSR count). The van der Waals surface area contributed by atoms with Crippen LogP contribution in [0.3, 0.4) is 0 Å². The zero-order valence-corrected chi connectivity index (χ0v) is 9.05. The first-order chi connectivity index (χ1) is 6.31. The minimum atomic E-state index is 0.306. The van der Waals surface area contributed by atoms with Crippen LogP contribution < -0.4 is 0 Å². The molecule has 70 valence electrons. The monoisotopic (exact) mass is 240 g/mol. The normalized spacial score (nSPS) is 20.3. The van der Waals surface area contributed by atoms with Crippen molar-refractivity contribution < 1.29 is 5.11 Å². The lowest BCUT2D eigenvalue weighted by molar-refractivity contribution is 0.275. The first kappa shape index (κ1) is 9.22. The van der Waals surface area contributed by atoms with E-state index in [-0.39, 0.29) is 0 Å². The molecule has 0 heterocycles. The van der Waals surface area contributed by atoms with E-state index in [1.54, 1.807) is 0 Å². The summed E-state index contributed by atoms with van der Waals surface area (Å²) in [7, 11) is 0. The summed E-state index contributed by atoms with van der Waals surface area (Å²) < 4.78 is 1.16. The van der Waals surface area contributed by atoms with Gasteiger partial charge in [-0.25, -0.2) is 0 Å². The molecule has 1 nitrogen and oxygen atoms in total. The molecule has 0 radical (unpaired) electrons.